The zero-order valence-corrected chi connectivity index (χ0v) is 12.6. The molecule has 1 aromatic rings. The van der Waals surface area contributed by atoms with Crippen LogP contribution < -0.4 is 5.32 Å². The molecule has 0 heterocycles. The summed E-state index contributed by atoms with van der Waals surface area (Å²) in [6.07, 6.45) is -1.41. The van der Waals surface area contributed by atoms with Crippen LogP contribution in [0, 0.1) is 0 Å². The molecule has 0 bridgehead atoms. The highest BCUT2D eigenvalue weighted by atomic mass is 19.4. The first-order chi connectivity index (χ1) is 9.93. The predicted molar refractivity (Wildman–Crippen MR) is 78.3 cm³/mol. The van der Waals surface area contributed by atoms with E-state index in [4.69, 9.17) is 0 Å². The molecule has 1 aliphatic rings. The Morgan fingerprint density at radius 2 is 1.86 bits per heavy atom. The number of aryl methyl sites for hydroxylation is 1. The van der Waals surface area contributed by atoms with Crippen molar-refractivity contribution in [2.75, 3.05) is 20.1 Å². The number of halogens is 3. The summed E-state index contributed by atoms with van der Waals surface area (Å²) in [5, 5.41) is 3.15. The van der Waals surface area contributed by atoms with Gasteiger partial charge in [-0.3, -0.25) is 4.90 Å². The molecule has 0 amide bonds. The first-order valence-electron chi connectivity index (χ1n) is 7.50. The van der Waals surface area contributed by atoms with E-state index in [1.54, 1.807) is 11.9 Å². The fourth-order valence-electron chi connectivity index (χ4n) is 2.60. The Morgan fingerprint density at radius 1 is 1.24 bits per heavy atom. The normalized spacial score (nSPS) is 17.2. The topological polar surface area (TPSA) is 15.3 Å². The molecule has 2 nitrogen and oxygen atoms in total. The molecule has 118 valence electrons. The van der Waals surface area contributed by atoms with E-state index in [2.05, 4.69) is 12.2 Å². The molecular formula is C16H23F3N2. The minimum absolute atomic E-state index is 0.0705. The van der Waals surface area contributed by atoms with Crippen LogP contribution in [0.15, 0.2) is 24.3 Å². The van der Waals surface area contributed by atoms with Crippen molar-refractivity contribution >= 4 is 0 Å². The molecule has 2 rings (SSSR count). The summed E-state index contributed by atoms with van der Waals surface area (Å²) in [4.78, 5) is 1.56. The van der Waals surface area contributed by atoms with E-state index < -0.39 is 12.7 Å². The van der Waals surface area contributed by atoms with Crippen molar-refractivity contribution in [3.8, 4) is 0 Å². The maximum atomic E-state index is 12.7. The molecule has 1 N–H and O–H groups in total. The second-order valence-corrected chi connectivity index (χ2v) is 5.71. The Bertz CT molecular complexity index is 438. The molecule has 0 radical (unpaired) electrons. The second kappa shape index (κ2) is 6.79. The highest BCUT2D eigenvalue weighted by Crippen LogP contribution is 2.31. The maximum absolute atomic E-state index is 12.7. The van der Waals surface area contributed by atoms with E-state index in [-0.39, 0.29) is 12.1 Å². The number of benzene rings is 1. The van der Waals surface area contributed by atoms with Crippen molar-refractivity contribution in [1.82, 2.24) is 10.2 Å². The highest BCUT2D eigenvalue weighted by molar-refractivity contribution is 5.25. The zero-order chi connectivity index (χ0) is 15.5. The minimum Gasteiger partial charge on any atom is -0.312 e. The fraction of sp³-hybridized carbons (Fsp3) is 0.625. The largest absolute Gasteiger partial charge is 0.401 e. The van der Waals surface area contributed by atoms with Crippen LogP contribution in [-0.4, -0.2) is 37.3 Å². The molecule has 1 fully saturated rings. The van der Waals surface area contributed by atoms with E-state index in [0.29, 0.717) is 6.54 Å². The molecule has 0 aliphatic heterocycles. The van der Waals surface area contributed by atoms with Gasteiger partial charge < -0.3 is 5.32 Å². The van der Waals surface area contributed by atoms with Gasteiger partial charge in [0, 0.05) is 18.6 Å². The van der Waals surface area contributed by atoms with Gasteiger partial charge in [0.1, 0.15) is 0 Å². The average molecular weight is 300 g/mol. The fourth-order valence-corrected chi connectivity index (χ4v) is 2.60. The number of rotatable bonds is 7. The lowest BCUT2D eigenvalue weighted by Crippen LogP contribution is -2.41. The van der Waals surface area contributed by atoms with Crippen LogP contribution in [0.4, 0.5) is 13.2 Å². The van der Waals surface area contributed by atoms with Gasteiger partial charge in [0.05, 0.1) is 6.54 Å². The van der Waals surface area contributed by atoms with E-state index in [1.807, 2.05) is 24.3 Å². The molecule has 0 saturated heterocycles. The Hall–Kier alpha value is -1.07. The van der Waals surface area contributed by atoms with Crippen molar-refractivity contribution in [2.45, 2.75) is 44.4 Å². The van der Waals surface area contributed by atoms with Crippen molar-refractivity contribution in [3.05, 3.63) is 35.4 Å². The van der Waals surface area contributed by atoms with Crippen molar-refractivity contribution in [2.24, 2.45) is 0 Å². The Labute approximate surface area is 124 Å². The lowest BCUT2D eigenvalue weighted by Gasteiger charge is -2.28. The number of nitrogens with zero attached hydrogens (tertiary/aromatic N) is 1. The maximum Gasteiger partial charge on any atom is 0.401 e. The summed E-state index contributed by atoms with van der Waals surface area (Å²) in [5.41, 5.74) is 2.28. The average Bonchev–Trinajstić information content (AvgIpc) is 3.27. The minimum atomic E-state index is -4.13. The quantitative estimate of drug-likeness (QED) is 0.828. The van der Waals surface area contributed by atoms with Gasteiger partial charge in [0.2, 0.25) is 0 Å². The SMILES string of the molecule is CCc1ccc(C(CN(CC(F)(F)F)C2CC2)NC)cc1. The Kier molecular flexibility index (Phi) is 5.27. The van der Waals surface area contributed by atoms with Gasteiger partial charge in [0.15, 0.2) is 0 Å². The zero-order valence-electron chi connectivity index (χ0n) is 12.6. The van der Waals surface area contributed by atoms with Crippen LogP contribution in [0.2, 0.25) is 0 Å². The van der Waals surface area contributed by atoms with Gasteiger partial charge in [-0.1, -0.05) is 31.2 Å². The van der Waals surface area contributed by atoms with Crippen LogP contribution >= 0.6 is 0 Å². The first-order valence-corrected chi connectivity index (χ1v) is 7.50. The van der Waals surface area contributed by atoms with Crippen molar-refractivity contribution < 1.29 is 13.2 Å². The standard InChI is InChI=1S/C16H23F3N2/c1-3-12-4-6-13(7-5-12)15(20-2)10-21(14-8-9-14)11-16(17,18)19/h4-7,14-15,20H,3,8-11H2,1-2H3. The van der Waals surface area contributed by atoms with Gasteiger partial charge in [-0.05, 0) is 37.4 Å². The number of hydrogen-bond donors (Lipinski definition) is 1. The summed E-state index contributed by atoms with van der Waals surface area (Å²) in [7, 11) is 1.80. The summed E-state index contributed by atoms with van der Waals surface area (Å²) >= 11 is 0. The summed E-state index contributed by atoms with van der Waals surface area (Å²) in [6.45, 7) is 1.66. The molecule has 0 spiro atoms. The Balaban J connectivity index is 2.04. The van der Waals surface area contributed by atoms with Crippen LogP contribution in [0.25, 0.3) is 0 Å². The smallest absolute Gasteiger partial charge is 0.312 e. The van der Waals surface area contributed by atoms with E-state index in [9.17, 15) is 13.2 Å². The van der Waals surface area contributed by atoms with Crippen LogP contribution in [-0.2, 0) is 6.42 Å². The van der Waals surface area contributed by atoms with E-state index >= 15 is 0 Å². The molecule has 0 aromatic heterocycles. The third-order valence-electron chi connectivity index (χ3n) is 4.00. The molecule has 1 aromatic carbocycles. The van der Waals surface area contributed by atoms with Gasteiger partial charge in [0.25, 0.3) is 0 Å². The van der Waals surface area contributed by atoms with Gasteiger partial charge in [-0.2, -0.15) is 13.2 Å². The third-order valence-corrected chi connectivity index (χ3v) is 4.00. The number of alkyl halides is 3. The monoisotopic (exact) mass is 300 g/mol. The van der Waals surface area contributed by atoms with Crippen LogP contribution in [0.5, 0.6) is 0 Å². The molecular weight excluding hydrogens is 277 g/mol. The van der Waals surface area contributed by atoms with E-state index in [0.717, 1.165) is 24.8 Å². The van der Waals surface area contributed by atoms with Gasteiger partial charge in [-0.15, -0.1) is 0 Å². The molecule has 21 heavy (non-hydrogen) atoms. The summed E-state index contributed by atoms with van der Waals surface area (Å²) in [6, 6.07) is 8.14. The lowest BCUT2D eigenvalue weighted by atomic mass is 10.0. The van der Waals surface area contributed by atoms with Crippen LogP contribution in [0.3, 0.4) is 0 Å². The second-order valence-electron chi connectivity index (χ2n) is 5.71. The number of likely N-dealkylation sites (N-methyl/N-ethyl adjacent to an activating group) is 1. The molecule has 1 aliphatic carbocycles. The summed E-state index contributed by atoms with van der Waals surface area (Å²) in [5.74, 6) is 0. The van der Waals surface area contributed by atoms with Gasteiger partial charge in [-0.25, -0.2) is 0 Å². The number of nitrogens with one attached hydrogen (secondary N) is 1. The molecule has 1 unspecified atom stereocenters. The van der Waals surface area contributed by atoms with Crippen LogP contribution in [0.1, 0.15) is 36.9 Å². The molecule has 1 atom stereocenters. The Morgan fingerprint density at radius 3 is 2.29 bits per heavy atom. The highest BCUT2D eigenvalue weighted by Gasteiger charge is 2.38. The van der Waals surface area contributed by atoms with Crippen molar-refractivity contribution in [1.29, 1.82) is 0 Å². The lowest BCUT2D eigenvalue weighted by molar-refractivity contribution is -0.147. The van der Waals surface area contributed by atoms with Gasteiger partial charge >= 0.3 is 6.18 Å². The van der Waals surface area contributed by atoms with Crippen molar-refractivity contribution in [3.63, 3.8) is 0 Å². The number of hydrogen-bond acceptors (Lipinski definition) is 2. The summed E-state index contributed by atoms with van der Waals surface area (Å²) < 4.78 is 38.1. The molecule has 1 saturated carbocycles. The third kappa shape index (κ3) is 5.00. The first kappa shape index (κ1) is 16.3. The predicted octanol–water partition coefficient (Wildman–Crippen LogP) is 3.54. The molecule has 5 heteroatoms. The van der Waals surface area contributed by atoms with E-state index in [1.165, 1.54) is 5.56 Å².